The third-order valence-electron chi connectivity index (χ3n) is 4.32. The van der Waals surface area contributed by atoms with Crippen LogP contribution < -0.4 is 5.32 Å². The molecule has 0 spiro atoms. The Bertz CT molecular complexity index is 876. The quantitative estimate of drug-likeness (QED) is 0.676. The molecular formula is C20H24FN5O. The van der Waals surface area contributed by atoms with E-state index < -0.39 is 0 Å². The lowest BCUT2D eigenvalue weighted by Gasteiger charge is -2.25. The van der Waals surface area contributed by atoms with Gasteiger partial charge in [0.25, 0.3) is 5.89 Å². The Kier molecular flexibility index (Phi) is 5.81. The predicted octanol–water partition coefficient (Wildman–Crippen LogP) is 4.11. The molecule has 1 atom stereocenters. The molecular weight excluding hydrogens is 345 g/mol. The first-order valence-electron chi connectivity index (χ1n) is 8.90. The number of halogens is 1. The second-order valence-corrected chi connectivity index (χ2v) is 6.95. The number of benzene rings is 1. The summed E-state index contributed by atoms with van der Waals surface area (Å²) in [6, 6.07) is 10.4. The minimum Gasteiger partial charge on any atom is -0.368 e. The van der Waals surface area contributed by atoms with Crippen molar-refractivity contribution in [1.82, 2.24) is 20.0 Å². The minimum atomic E-state index is -0.237. The average molecular weight is 369 g/mol. The molecule has 0 aliphatic heterocycles. The minimum absolute atomic E-state index is 0.0759. The monoisotopic (exact) mass is 369 g/mol. The van der Waals surface area contributed by atoms with Crippen molar-refractivity contribution in [1.29, 1.82) is 0 Å². The molecule has 0 aliphatic carbocycles. The van der Waals surface area contributed by atoms with Crippen LogP contribution in [0, 0.1) is 5.82 Å². The van der Waals surface area contributed by atoms with Gasteiger partial charge < -0.3 is 14.7 Å². The Morgan fingerprint density at radius 3 is 2.52 bits per heavy atom. The number of anilines is 1. The molecule has 1 unspecified atom stereocenters. The van der Waals surface area contributed by atoms with Crippen LogP contribution in [-0.2, 0) is 0 Å². The molecule has 0 fully saturated rings. The largest absolute Gasteiger partial charge is 0.368 e. The van der Waals surface area contributed by atoms with Crippen LogP contribution in [-0.4, -0.2) is 40.7 Å². The second-order valence-electron chi connectivity index (χ2n) is 6.95. The summed E-state index contributed by atoms with van der Waals surface area (Å²) in [5, 5.41) is 7.34. The van der Waals surface area contributed by atoms with Crippen LogP contribution in [0.15, 0.2) is 47.1 Å². The molecule has 1 N–H and O–H groups in total. The van der Waals surface area contributed by atoms with E-state index in [4.69, 9.17) is 4.52 Å². The summed E-state index contributed by atoms with van der Waals surface area (Å²) in [5.74, 6) is 1.84. The number of pyridine rings is 1. The number of hydrogen-bond donors (Lipinski definition) is 1. The fourth-order valence-electron chi connectivity index (χ4n) is 2.73. The molecule has 6 nitrogen and oxygen atoms in total. The maximum absolute atomic E-state index is 13.2. The smallest absolute Gasteiger partial charge is 0.258 e. The van der Waals surface area contributed by atoms with Gasteiger partial charge in [-0.15, -0.1) is 0 Å². The third-order valence-corrected chi connectivity index (χ3v) is 4.32. The third kappa shape index (κ3) is 4.68. The molecule has 2 heterocycles. The Hall–Kier alpha value is -2.80. The van der Waals surface area contributed by atoms with E-state index in [0.29, 0.717) is 24.1 Å². The summed E-state index contributed by atoms with van der Waals surface area (Å²) in [4.78, 5) is 10.9. The van der Waals surface area contributed by atoms with Gasteiger partial charge in [0.2, 0.25) is 0 Å². The van der Waals surface area contributed by atoms with Gasteiger partial charge >= 0.3 is 0 Å². The van der Waals surface area contributed by atoms with Crippen molar-refractivity contribution in [2.45, 2.75) is 25.8 Å². The molecule has 0 radical (unpaired) electrons. The summed E-state index contributed by atoms with van der Waals surface area (Å²) >= 11 is 0. The number of nitrogens with zero attached hydrogens (tertiary/aromatic N) is 4. The van der Waals surface area contributed by atoms with Gasteiger partial charge in [0.1, 0.15) is 11.6 Å². The number of hydrogen-bond acceptors (Lipinski definition) is 6. The van der Waals surface area contributed by atoms with Crippen LogP contribution in [0.1, 0.15) is 37.2 Å². The number of nitrogens with one attached hydrogen (secondary N) is 1. The molecule has 1 aromatic carbocycles. The van der Waals surface area contributed by atoms with E-state index in [1.165, 1.54) is 12.1 Å². The maximum Gasteiger partial charge on any atom is 0.258 e. The van der Waals surface area contributed by atoms with Gasteiger partial charge in [-0.05, 0) is 43.9 Å². The zero-order valence-electron chi connectivity index (χ0n) is 16.0. The highest BCUT2D eigenvalue weighted by Gasteiger charge is 2.15. The zero-order valence-corrected chi connectivity index (χ0v) is 16.0. The number of likely N-dealkylation sites (N-methyl/N-ethyl adjacent to an activating group) is 1. The van der Waals surface area contributed by atoms with E-state index in [9.17, 15) is 4.39 Å². The highest BCUT2D eigenvalue weighted by Crippen LogP contribution is 2.23. The standard InChI is InChI=1S/C20H24FN5O/c1-13(2)19-24-20(27-25-19)15-9-10-22-18(11-15)23-12-17(26(3)4)14-5-7-16(21)8-6-14/h5-11,13,17H,12H2,1-4H3,(H,22,23). The molecule has 0 bridgehead atoms. The van der Waals surface area contributed by atoms with Crippen LogP contribution in [0.5, 0.6) is 0 Å². The van der Waals surface area contributed by atoms with E-state index in [-0.39, 0.29) is 17.8 Å². The van der Waals surface area contributed by atoms with Crippen molar-refractivity contribution in [3.63, 3.8) is 0 Å². The molecule has 0 saturated carbocycles. The molecule has 0 amide bonds. The first kappa shape index (κ1) is 19.0. The van der Waals surface area contributed by atoms with Gasteiger partial charge in [-0.1, -0.05) is 31.1 Å². The lowest BCUT2D eigenvalue weighted by atomic mass is 10.1. The van der Waals surface area contributed by atoms with Gasteiger partial charge in [0.15, 0.2) is 5.82 Å². The van der Waals surface area contributed by atoms with Crippen LogP contribution in [0.4, 0.5) is 10.2 Å². The summed E-state index contributed by atoms with van der Waals surface area (Å²) in [6.07, 6.45) is 1.71. The van der Waals surface area contributed by atoms with E-state index >= 15 is 0 Å². The molecule has 3 rings (SSSR count). The molecule has 0 saturated heterocycles. The fourth-order valence-corrected chi connectivity index (χ4v) is 2.73. The summed E-state index contributed by atoms with van der Waals surface area (Å²) < 4.78 is 18.6. The van der Waals surface area contributed by atoms with Crippen molar-refractivity contribution >= 4 is 5.82 Å². The average Bonchev–Trinajstić information content (AvgIpc) is 3.14. The lowest BCUT2D eigenvalue weighted by Crippen LogP contribution is -2.27. The Balaban J connectivity index is 1.74. The van der Waals surface area contributed by atoms with Crippen molar-refractivity contribution in [2.24, 2.45) is 0 Å². The molecule has 142 valence electrons. The normalized spacial score (nSPS) is 12.6. The SMILES string of the molecule is CC(C)c1noc(-c2ccnc(NCC(c3ccc(F)cc3)N(C)C)c2)n1. The van der Waals surface area contributed by atoms with Crippen molar-refractivity contribution in [3.05, 3.63) is 59.8 Å². The highest BCUT2D eigenvalue weighted by molar-refractivity contribution is 5.57. The van der Waals surface area contributed by atoms with Crippen LogP contribution in [0.2, 0.25) is 0 Å². The van der Waals surface area contributed by atoms with Gasteiger partial charge in [-0.2, -0.15) is 4.98 Å². The number of rotatable bonds is 7. The zero-order chi connectivity index (χ0) is 19.4. The molecule has 2 aromatic heterocycles. The Morgan fingerprint density at radius 2 is 1.89 bits per heavy atom. The summed E-state index contributed by atoms with van der Waals surface area (Å²) in [5.41, 5.74) is 1.85. The van der Waals surface area contributed by atoms with E-state index in [1.54, 1.807) is 18.3 Å². The van der Waals surface area contributed by atoms with E-state index in [0.717, 1.165) is 11.1 Å². The Morgan fingerprint density at radius 1 is 1.15 bits per heavy atom. The van der Waals surface area contributed by atoms with Crippen LogP contribution in [0.25, 0.3) is 11.5 Å². The first-order chi connectivity index (χ1) is 12.9. The van der Waals surface area contributed by atoms with E-state index in [1.807, 2.05) is 40.1 Å². The van der Waals surface area contributed by atoms with Crippen molar-refractivity contribution < 1.29 is 8.91 Å². The topological polar surface area (TPSA) is 67.1 Å². The highest BCUT2D eigenvalue weighted by atomic mass is 19.1. The van der Waals surface area contributed by atoms with Gasteiger partial charge in [-0.3, -0.25) is 0 Å². The molecule has 3 aromatic rings. The predicted molar refractivity (Wildman–Crippen MR) is 103 cm³/mol. The van der Waals surface area contributed by atoms with E-state index in [2.05, 4.69) is 25.3 Å². The summed E-state index contributed by atoms with van der Waals surface area (Å²) in [7, 11) is 3.98. The molecule has 7 heteroatoms. The van der Waals surface area contributed by atoms with Gasteiger partial charge in [0.05, 0.1) is 6.04 Å². The lowest BCUT2D eigenvalue weighted by molar-refractivity contribution is 0.311. The van der Waals surface area contributed by atoms with Crippen LogP contribution in [0.3, 0.4) is 0 Å². The van der Waals surface area contributed by atoms with Gasteiger partial charge in [0, 0.05) is 24.2 Å². The molecule has 0 aliphatic rings. The molecule has 27 heavy (non-hydrogen) atoms. The summed E-state index contributed by atoms with van der Waals surface area (Å²) in [6.45, 7) is 4.66. The van der Waals surface area contributed by atoms with Crippen molar-refractivity contribution in [2.75, 3.05) is 26.0 Å². The second kappa shape index (κ2) is 8.26. The maximum atomic E-state index is 13.2. The fraction of sp³-hybridized carbons (Fsp3) is 0.350. The van der Waals surface area contributed by atoms with Gasteiger partial charge in [-0.25, -0.2) is 9.37 Å². The number of aromatic nitrogens is 3. The van der Waals surface area contributed by atoms with Crippen LogP contribution >= 0.6 is 0 Å². The van der Waals surface area contributed by atoms with Crippen molar-refractivity contribution in [3.8, 4) is 11.5 Å². The Labute approximate surface area is 158 Å². The first-order valence-corrected chi connectivity index (χ1v) is 8.90.